The van der Waals surface area contributed by atoms with E-state index in [1.54, 1.807) is 0 Å². The molecule has 0 radical (unpaired) electrons. The van der Waals surface area contributed by atoms with Crippen LogP contribution in [0.25, 0.3) is 0 Å². The van der Waals surface area contributed by atoms with Crippen molar-refractivity contribution in [1.29, 1.82) is 0 Å². The van der Waals surface area contributed by atoms with Crippen LogP contribution >= 0.6 is 0 Å². The zero-order chi connectivity index (χ0) is 11.7. The highest BCUT2D eigenvalue weighted by atomic mass is 15.1. The van der Waals surface area contributed by atoms with E-state index in [9.17, 15) is 0 Å². The van der Waals surface area contributed by atoms with Crippen molar-refractivity contribution < 1.29 is 0 Å². The Bertz CT molecular complexity index is 181. The summed E-state index contributed by atoms with van der Waals surface area (Å²) in [6.07, 6.45) is 8.82. The zero-order valence-electron chi connectivity index (χ0n) is 10.7. The average molecular weight is 210 g/mol. The van der Waals surface area contributed by atoms with Crippen molar-refractivity contribution in [3.8, 4) is 12.3 Å². The molecule has 1 N–H and O–H groups in total. The van der Waals surface area contributed by atoms with Crippen LogP contribution in [0.3, 0.4) is 0 Å². The van der Waals surface area contributed by atoms with E-state index in [0.717, 1.165) is 13.0 Å². The Kier molecular flexibility index (Phi) is 8.46. The monoisotopic (exact) mass is 210 g/mol. The molecule has 0 aromatic heterocycles. The summed E-state index contributed by atoms with van der Waals surface area (Å²) in [5.74, 6) is 2.75. The van der Waals surface area contributed by atoms with Crippen LogP contribution in [0.2, 0.25) is 0 Å². The number of unbranched alkanes of at least 4 members (excludes halogenated alkanes) is 1. The summed E-state index contributed by atoms with van der Waals surface area (Å²) in [4.78, 5) is 2.37. The summed E-state index contributed by atoms with van der Waals surface area (Å²) in [5, 5.41) is 3.37. The quantitative estimate of drug-likeness (QED) is 0.487. The second-order valence-electron chi connectivity index (χ2n) is 4.36. The fraction of sp³-hybridized carbons (Fsp3) is 0.846. The molecular weight excluding hydrogens is 184 g/mol. The van der Waals surface area contributed by atoms with Crippen molar-refractivity contribution in [2.75, 3.05) is 20.1 Å². The normalized spacial score (nSPS) is 13.1. The molecule has 0 saturated heterocycles. The number of rotatable bonds is 8. The number of hydrogen-bond donors (Lipinski definition) is 1. The van der Waals surface area contributed by atoms with Gasteiger partial charge in [0.05, 0.1) is 6.04 Å². The predicted molar refractivity (Wildman–Crippen MR) is 67.9 cm³/mol. The molecule has 0 spiro atoms. The van der Waals surface area contributed by atoms with E-state index >= 15 is 0 Å². The van der Waals surface area contributed by atoms with Gasteiger partial charge >= 0.3 is 0 Å². The molecule has 1 unspecified atom stereocenters. The van der Waals surface area contributed by atoms with Crippen LogP contribution in [0.15, 0.2) is 0 Å². The standard InChI is InChI=1S/C13H26N2/c1-6-13(7-2)14-10-8-9-11-15(5)12(3)4/h1,12-14H,7-11H2,2-5H3. The summed E-state index contributed by atoms with van der Waals surface area (Å²) in [7, 11) is 2.17. The molecule has 0 heterocycles. The number of nitrogens with zero attached hydrogens (tertiary/aromatic N) is 1. The average Bonchev–Trinajstić information content (AvgIpc) is 2.23. The Morgan fingerprint density at radius 1 is 1.33 bits per heavy atom. The van der Waals surface area contributed by atoms with Gasteiger partial charge in [0.15, 0.2) is 0 Å². The van der Waals surface area contributed by atoms with Gasteiger partial charge in [0.1, 0.15) is 0 Å². The molecule has 0 amide bonds. The van der Waals surface area contributed by atoms with Gasteiger partial charge in [-0.25, -0.2) is 0 Å². The molecule has 2 heteroatoms. The molecule has 88 valence electrons. The third kappa shape index (κ3) is 7.41. The lowest BCUT2D eigenvalue weighted by Gasteiger charge is -2.20. The Balaban J connectivity index is 3.36. The first kappa shape index (κ1) is 14.5. The number of nitrogens with one attached hydrogen (secondary N) is 1. The Hall–Kier alpha value is -0.520. The van der Waals surface area contributed by atoms with Crippen molar-refractivity contribution in [3.05, 3.63) is 0 Å². The van der Waals surface area contributed by atoms with Crippen molar-refractivity contribution in [2.45, 2.75) is 52.1 Å². The van der Waals surface area contributed by atoms with Crippen LogP contribution in [0.4, 0.5) is 0 Å². The van der Waals surface area contributed by atoms with Gasteiger partial charge in [-0.2, -0.15) is 0 Å². The van der Waals surface area contributed by atoms with Gasteiger partial charge in [-0.1, -0.05) is 12.8 Å². The fourth-order valence-corrected chi connectivity index (χ4v) is 1.34. The SMILES string of the molecule is C#CC(CC)NCCCCN(C)C(C)C. The lowest BCUT2D eigenvalue weighted by Crippen LogP contribution is -2.30. The van der Waals surface area contributed by atoms with Crippen molar-refractivity contribution in [2.24, 2.45) is 0 Å². The first-order chi connectivity index (χ1) is 7.11. The topological polar surface area (TPSA) is 15.3 Å². The smallest absolute Gasteiger partial charge is 0.0684 e. The molecule has 0 fully saturated rings. The van der Waals surface area contributed by atoms with Gasteiger partial charge in [-0.05, 0) is 53.2 Å². The van der Waals surface area contributed by atoms with Crippen molar-refractivity contribution in [1.82, 2.24) is 10.2 Å². The molecule has 0 aliphatic heterocycles. The molecule has 0 aliphatic rings. The first-order valence-electron chi connectivity index (χ1n) is 6.01. The highest BCUT2D eigenvalue weighted by molar-refractivity contribution is 4.97. The maximum atomic E-state index is 5.37. The lowest BCUT2D eigenvalue weighted by atomic mass is 10.2. The Morgan fingerprint density at radius 2 is 2.00 bits per heavy atom. The molecular formula is C13H26N2. The summed E-state index contributed by atoms with van der Waals surface area (Å²) in [6, 6.07) is 0.903. The summed E-state index contributed by atoms with van der Waals surface area (Å²) in [5.41, 5.74) is 0. The largest absolute Gasteiger partial charge is 0.304 e. The van der Waals surface area contributed by atoms with Crippen LogP contribution in [0.1, 0.15) is 40.0 Å². The lowest BCUT2D eigenvalue weighted by molar-refractivity contribution is 0.267. The third-order valence-electron chi connectivity index (χ3n) is 2.82. The Labute approximate surface area is 95.4 Å². The highest BCUT2D eigenvalue weighted by Gasteiger charge is 2.02. The molecule has 0 aromatic rings. The zero-order valence-corrected chi connectivity index (χ0v) is 10.7. The number of hydrogen-bond acceptors (Lipinski definition) is 2. The predicted octanol–water partition coefficient (Wildman–Crippen LogP) is 2.11. The summed E-state index contributed by atoms with van der Waals surface area (Å²) < 4.78 is 0. The molecule has 0 saturated carbocycles. The van der Waals surface area contributed by atoms with Gasteiger partial charge in [-0.15, -0.1) is 6.42 Å². The molecule has 0 aliphatic carbocycles. The fourth-order valence-electron chi connectivity index (χ4n) is 1.34. The maximum absolute atomic E-state index is 5.37. The van der Waals surface area contributed by atoms with E-state index in [1.165, 1.54) is 19.4 Å². The minimum atomic E-state index is 0.257. The number of terminal acetylenes is 1. The van der Waals surface area contributed by atoms with E-state index in [1.807, 2.05) is 0 Å². The molecule has 2 nitrogen and oxygen atoms in total. The van der Waals surface area contributed by atoms with E-state index in [4.69, 9.17) is 6.42 Å². The molecule has 0 bridgehead atoms. The van der Waals surface area contributed by atoms with Crippen LogP contribution in [-0.2, 0) is 0 Å². The van der Waals surface area contributed by atoms with Gasteiger partial charge in [-0.3, -0.25) is 0 Å². The molecule has 0 rings (SSSR count). The second-order valence-corrected chi connectivity index (χ2v) is 4.36. The Morgan fingerprint density at radius 3 is 2.47 bits per heavy atom. The van der Waals surface area contributed by atoms with Crippen molar-refractivity contribution >= 4 is 0 Å². The van der Waals surface area contributed by atoms with Gasteiger partial charge in [0, 0.05) is 6.04 Å². The van der Waals surface area contributed by atoms with E-state index < -0.39 is 0 Å². The molecule has 0 aromatic carbocycles. The molecule has 15 heavy (non-hydrogen) atoms. The summed E-state index contributed by atoms with van der Waals surface area (Å²) >= 11 is 0. The van der Waals surface area contributed by atoms with Gasteiger partial charge in [0.2, 0.25) is 0 Å². The minimum Gasteiger partial charge on any atom is -0.304 e. The molecule has 1 atom stereocenters. The third-order valence-corrected chi connectivity index (χ3v) is 2.82. The van der Waals surface area contributed by atoms with E-state index in [-0.39, 0.29) is 6.04 Å². The van der Waals surface area contributed by atoms with Crippen LogP contribution < -0.4 is 5.32 Å². The maximum Gasteiger partial charge on any atom is 0.0684 e. The second kappa shape index (κ2) is 8.76. The van der Waals surface area contributed by atoms with Crippen LogP contribution in [0, 0.1) is 12.3 Å². The van der Waals surface area contributed by atoms with E-state index in [0.29, 0.717) is 6.04 Å². The van der Waals surface area contributed by atoms with E-state index in [2.05, 4.69) is 44.0 Å². The highest BCUT2D eigenvalue weighted by Crippen LogP contribution is 1.98. The minimum absolute atomic E-state index is 0.257. The first-order valence-corrected chi connectivity index (χ1v) is 6.01. The summed E-state index contributed by atoms with van der Waals surface area (Å²) in [6.45, 7) is 8.78. The van der Waals surface area contributed by atoms with Crippen molar-refractivity contribution in [3.63, 3.8) is 0 Å². The van der Waals surface area contributed by atoms with Crippen LogP contribution in [0.5, 0.6) is 0 Å². The van der Waals surface area contributed by atoms with Gasteiger partial charge < -0.3 is 10.2 Å². The van der Waals surface area contributed by atoms with Gasteiger partial charge in [0.25, 0.3) is 0 Å². The van der Waals surface area contributed by atoms with Crippen LogP contribution in [-0.4, -0.2) is 37.1 Å².